The van der Waals surface area contributed by atoms with Crippen molar-refractivity contribution >= 4 is 46.4 Å². The maximum atomic E-state index is 13.1. The Balaban J connectivity index is 1.51. The van der Waals surface area contributed by atoms with Crippen LogP contribution in [-0.4, -0.2) is 42.6 Å². The Kier molecular flexibility index (Phi) is 8.75. The minimum Gasteiger partial charge on any atom is -0.496 e. The van der Waals surface area contributed by atoms with E-state index in [2.05, 4.69) is 15.6 Å². The van der Waals surface area contributed by atoms with Crippen molar-refractivity contribution in [3.05, 3.63) is 74.5 Å². The van der Waals surface area contributed by atoms with Crippen molar-refractivity contribution in [1.29, 1.82) is 0 Å². The minimum atomic E-state index is -0.587. The molecule has 2 amide bonds. The summed E-state index contributed by atoms with van der Waals surface area (Å²) in [5.41, 5.74) is 1.77. The van der Waals surface area contributed by atoms with Gasteiger partial charge in [-0.1, -0.05) is 29.8 Å². The third kappa shape index (κ3) is 6.46. The number of nitrogens with one attached hydrogen (secondary N) is 2. The van der Waals surface area contributed by atoms with Crippen molar-refractivity contribution < 1.29 is 23.9 Å². The molecule has 0 spiro atoms. The van der Waals surface area contributed by atoms with Crippen LogP contribution in [-0.2, 0) is 16.3 Å². The van der Waals surface area contributed by atoms with E-state index in [1.165, 1.54) is 30.6 Å². The number of carbonyl (C=O) groups excluding carboxylic acids is 3. The molecule has 1 saturated heterocycles. The Morgan fingerprint density at radius 3 is 2.68 bits per heavy atom. The van der Waals surface area contributed by atoms with Crippen molar-refractivity contribution in [2.24, 2.45) is 10.9 Å². The van der Waals surface area contributed by atoms with Gasteiger partial charge in [-0.25, -0.2) is 0 Å². The van der Waals surface area contributed by atoms with Gasteiger partial charge in [-0.05, 0) is 50.6 Å². The number of carbonyl (C=O) groups is 3. The molecule has 4 rings (SSSR count). The predicted molar refractivity (Wildman–Crippen MR) is 141 cm³/mol. The molecule has 9 nitrogen and oxygen atoms in total. The Morgan fingerprint density at radius 2 is 1.95 bits per heavy atom. The summed E-state index contributed by atoms with van der Waals surface area (Å²) in [6.07, 6.45) is 3.18. The van der Waals surface area contributed by atoms with E-state index in [1.807, 2.05) is 19.1 Å². The molecule has 2 heterocycles. The molecule has 1 aliphatic heterocycles. The number of thiazole rings is 1. The summed E-state index contributed by atoms with van der Waals surface area (Å²) in [6, 6.07) is 10.1. The number of nitrogens with zero attached hydrogens (tertiary/aromatic N) is 2. The average molecular weight is 543 g/mol. The van der Waals surface area contributed by atoms with Crippen molar-refractivity contribution in [2.75, 3.05) is 25.5 Å². The standard InChI is InChI=1S/C26H27ClN4O5S/c1-16-5-3-4-6-18(16)23(32)29-21-14-22(35-2)19(13-20(21)27)24(33)30-26-31(11-12-37-26)15-36-25(34)17-7-9-28-10-8-17/h3-6,11-14,17,28H,7-10,15H2,1-2H3,(H,29,32)/b30-26-. The van der Waals surface area contributed by atoms with E-state index in [-0.39, 0.29) is 40.9 Å². The summed E-state index contributed by atoms with van der Waals surface area (Å²) in [7, 11) is 1.42. The normalized spacial score (nSPS) is 14.3. The molecule has 2 N–H and O–H groups in total. The number of halogens is 1. The number of aromatic nitrogens is 1. The lowest BCUT2D eigenvalue weighted by molar-refractivity contribution is -0.153. The van der Waals surface area contributed by atoms with E-state index in [4.69, 9.17) is 21.1 Å². The highest BCUT2D eigenvalue weighted by Gasteiger charge is 2.22. The van der Waals surface area contributed by atoms with Crippen LogP contribution in [0, 0.1) is 12.8 Å². The number of ether oxygens (including phenoxy) is 2. The van der Waals surface area contributed by atoms with Gasteiger partial charge in [0.1, 0.15) is 5.75 Å². The van der Waals surface area contributed by atoms with Gasteiger partial charge in [-0.2, -0.15) is 4.99 Å². The van der Waals surface area contributed by atoms with Gasteiger partial charge >= 0.3 is 5.97 Å². The van der Waals surface area contributed by atoms with Crippen LogP contribution in [0.1, 0.15) is 39.1 Å². The van der Waals surface area contributed by atoms with Gasteiger partial charge in [0.15, 0.2) is 11.5 Å². The first-order valence-corrected chi connectivity index (χ1v) is 13.0. The molecule has 0 bridgehead atoms. The zero-order chi connectivity index (χ0) is 26.4. The molecule has 2 aromatic carbocycles. The summed E-state index contributed by atoms with van der Waals surface area (Å²) in [4.78, 5) is 42.7. The second kappa shape index (κ2) is 12.2. The third-order valence-electron chi connectivity index (χ3n) is 6.03. The first kappa shape index (κ1) is 26.6. The maximum Gasteiger partial charge on any atom is 0.310 e. The summed E-state index contributed by atoms with van der Waals surface area (Å²) >= 11 is 7.65. The quantitative estimate of drug-likeness (QED) is 0.436. The molecule has 1 aromatic heterocycles. The Labute approximate surface area is 223 Å². The number of aryl methyl sites for hydroxylation is 1. The van der Waals surface area contributed by atoms with Gasteiger partial charge in [0.25, 0.3) is 11.8 Å². The smallest absolute Gasteiger partial charge is 0.310 e. The van der Waals surface area contributed by atoms with Crippen LogP contribution in [0.15, 0.2) is 53.0 Å². The highest BCUT2D eigenvalue weighted by atomic mass is 35.5. The zero-order valence-corrected chi connectivity index (χ0v) is 22.0. The molecule has 0 atom stereocenters. The molecule has 3 aromatic rings. The van der Waals surface area contributed by atoms with Crippen molar-refractivity contribution in [3.8, 4) is 5.75 Å². The fourth-order valence-corrected chi connectivity index (χ4v) is 4.87. The van der Waals surface area contributed by atoms with Crippen LogP contribution in [0.3, 0.4) is 0 Å². The molecule has 1 aliphatic rings. The second-order valence-corrected chi connectivity index (χ2v) is 9.77. The van der Waals surface area contributed by atoms with E-state index in [1.54, 1.807) is 28.3 Å². The first-order valence-electron chi connectivity index (χ1n) is 11.7. The highest BCUT2D eigenvalue weighted by Crippen LogP contribution is 2.32. The molecule has 37 heavy (non-hydrogen) atoms. The van der Waals surface area contributed by atoms with Crippen LogP contribution < -0.4 is 20.2 Å². The Bertz CT molecular complexity index is 1380. The maximum absolute atomic E-state index is 13.1. The van der Waals surface area contributed by atoms with Crippen LogP contribution in [0.4, 0.5) is 5.69 Å². The molecule has 194 valence electrons. The van der Waals surface area contributed by atoms with Gasteiger partial charge in [0.2, 0.25) is 0 Å². The van der Waals surface area contributed by atoms with E-state index in [0.29, 0.717) is 16.1 Å². The molecule has 0 unspecified atom stereocenters. The lowest BCUT2D eigenvalue weighted by Gasteiger charge is -2.20. The fraction of sp³-hybridized carbons (Fsp3) is 0.308. The largest absolute Gasteiger partial charge is 0.496 e. The Morgan fingerprint density at radius 1 is 1.19 bits per heavy atom. The van der Waals surface area contributed by atoms with Crippen LogP contribution in [0.25, 0.3) is 0 Å². The number of anilines is 1. The lowest BCUT2D eigenvalue weighted by atomic mass is 9.99. The predicted octanol–water partition coefficient (Wildman–Crippen LogP) is 4.01. The van der Waals surface area contributed by atoms with Crippen LogP contribution in [0.5, 0.6) is 5.75 Å². The molecule has 1 fully saturated rings. The number of rotatable bonds is 7. The summed E-state index contributed by atoms with van der Waals surface area (Å²) in [5, 5.41) is 7.90. The number of benzene rings is 2. The number of amides is 2. The van der Waals surface area contributed by atoms with Crippen molar-refractivity contribution in [3.63, 3.8) is 0 Å². The zero-order valence-electron chi connectivity index (χ0n) is 20.5. The number of hydrogen-bond donors (Lipinski definition) is 2. The van der Waals surface area contributed by atoms with Crippen molar-refractivity contribution in [2.45, 2.75) is 26.5 Å². The first-order chi connectivity index (χ1) is 17.9. The third-order valence-corrected chi connectivity index (χ3v) is 7.14. The molecule has 0 aliphatic carbocycles. The molecular formula is C26H27ClN4O5S. The molecule has 11 heteroatoms. The number of hydrogen-bond acceptors (Lipinski definition) is 7. The summed E-state index contributed by atoms with van der Waals surface area (Å²) in [6.45, 7) is 3.38. The number of methoxy groups -OCH3 is 1. The van der Waals surface area contributed by atoms with Crippen LogP contribution in [0.2, 0.25) is 5.02 Å². The van der Waals surface area contributed by atoms with E-state index in [9.17, 15) is 14.4 Å². The fourth-order valence-electron chi connectivity index (χ4n) is 3.94. The van der Waals surface area contributed by atoms with E-state index >= 15 is 0 Å². The van der Waals surface area contributed by atoms with Gasteiger partial charge in [-0.3, -0.25) is 19.0 Å². The Hall–Kier alpha value is -3.47. The van der Waals surface area contributed by atoms with Crippen molar-refractivity contribution in [1.82, 2.24) is 9.88 Å². The van der Waals surface area contributed by atoms with Gasteiger partial charge in [0.05, 0.1) is 29.3 Å². The lowest BCUT2D eigenvalue weighted by Crippen LogP contribution is -2.33. The summed E-state index contributed by atoms with van der Waals surface area (Å²) in [5.74, 6) is -1.09. The van der Waals surface area contributed by atoms with Gasteiger partial charge in [-0.15, -0.1) is 11.3 Å². The van der Waals surface area contributed by atoms with E-state index < -0.39 is 5.91 Å². The van der Waals surface area contributed by atoms with Gasteiger partial charge < -0.3 is 20.1 Å². The van der Waals surface area contributed by atoms with E-state index in [0.717, 1.165) is 31.5 Å². The monoisotopic (exact) mass is 542 g/mol. The second-order valence-electron chi connectivity index (χ2n) is 8.49. The SMILES string of the molecule is COc1cc(NC(=O)c2ccccc2C)c(Cl)cc1C(=O)/N=c1\sccn1COC(=O)C1CCNCC1. The van der Waals surface area contributed by atoms with Gasteiger partial charge in [0, 0.05) is 23.2 Å². The number of piperidine rings is 1. The number of esters is 1. The molecular weight excluding hydrogens is 516 g/mol. The molecule has 0 radical (unpaired) electrons. The average Bonchev–Trinajstić information content (AvgIpc) is 3.35. The highest BCUT2D eigenvalue weighted by molar-refractivity contribution is 7.07. The molecule has 0 saturated carbocycles. The van der Waals surface area contributed by atoms with Crippen LogP contribution >= 0.6 is 22.9 Å². The summed E-state index contributed by atoms with van der Waals surface area (Å²) < 4.78 is 12.5. The topological polar surface area (TPSA) is 111 Å². The minimum absolute atomic E-state index is 0.0415.